The first kappa shape index (κ1) is 32.3. The molecule has 0 radical (unpaired) electrons. The standard InChI is InChI=1S/C28H29N7O7/c1-17(2)27(37)41-10-8-34(9-11-42-28(38)18(3)4)22-6-7-24(25(14-22)31-19(5)36)32-33-26-20(15-29)12-23(35(39)40)13-21(26)16-30/h6-7,12-14,32-33H,1,3,8-11H2,2,4-5H3,(H,31,36). The first-order chi connectivity index (χ1) is 19.9. The third-order valence-electron chi connectivity index (χ3n) is 5.46. The monoisotopic (exact) mass is 575 g/mol. The summed E-state index contributed by atoms with van der Waals surface area (Å²) in [5, 5.41) is 32.9. The topological polar surface area (TPSA) is 200 Å². The third kappa shape index (κ3) is 9.10. The van der Waals surface area contributed by atoms with Gasteiger partial charge in [-0.05, 0) is 32.0 Å². The zero-order valence-electron chi connectivity index (χ0n) is 23.3. The van der Waals surface area contributed by atoms with Crippen molar-refractivity contribution in [3.63, 3.8) is 0 Å². The van der Waals surface area contributed by atoms with Crippen molar-refractivity contribution < 1.29 is 28.8 Å². The van der Waals surface area contributed by atoms with E-state index in [0.717, 1.165) is 12.1 Å². The maximum Gasteiger partial charge on any atom is 0.333 e. The molecule has 2 aromatic carbocycles. The fraction of sp³-hybridized carbons (Fsp3) is 0.250. The molecule has 0 heterocycles. The average molecular weight is 576 g/mol. The Kier molecular flexibility index (Phi) is 11.6. The zero-order chi connectivity index (χ0) is 31.4. The molecule has 218 valence electrons. The summed E-state index contributed by atoms with van der Waals surface area (Å²) in [5.74, 6) is -1.53. The van der Waals surface area contributed by atoms with Crippen molar-refractivity contribution in [3.8, 4) is 12.1 Å². The summed E-state index contributed by atoms with van der Waals surface area (Å²) in [7, 11) is 0. The van der Waals surface area contributed by atoms with E-state index in [4.69, 9.17) is 9.47 Å². The van der Waals surface area contributed by atoms with Crippen LogP contribution in [0.15, 0.2) is 54.6 Å². The van der Waals surface area contributed by atoms with Gasteiger partial charge in [0.1, 0.15) is 25.4 Å². The maximum atomic E-state index is 12.0. The summed E-state index contributed by atoms with van der Waals surface area (Å²) < 4.78 is 10.4. The summed E-state index contributed by atoms with van der Waals surface area (Å²) in [4.78, 5) is 47.9. The van der Waals surface area contributed by atoms with E-state index in [1.165, 1.54) is 20.8 Å². The molecule has 0 spiro atoms. The van der Waals surface area contributed by atoms with Crippen LogP contribution < -0.4 is 21.1 Å². The first-order valence-corrected chi connectivity index (χ1v) is 12.3. The van der Waals surface area contributed by atoms with Gasteiger partial charge in [0, 0.05) is 35.9 Å². The highest BCUT2D eigenvalue weighted by molar-refractivity contribution is 5.94. The zero-order valence-corrected chi connectivity index (χ0v) is 23.3. The van der Waals surface area contributed by atoms with Gasteiger partial charge in [-0.3, -0.25) is 25.8 Å². The number of ether oxygens (including phenoxy) is 2. The van der Waals surface area contributed by atoms with E-state index in [-0.39, 0.29) is 60.0 Å². The van der Waals surface area contributed by atoms with Gasteiger partial charge < -0.3 is 19.7 Å². The smallest absolute Gasteiger partial charge is 0.333 e. The Morgan fingerprint density at radius 2 is 1.43 bits per heavy atom. The number of nitro benzene ring substituents is 1. The van der Waals surface area contributed by atoms with Gasteiger partial charge in [0.15, 0.2) is 0 Å². The van der Waals surface area contributed by atoms with Gasteiger partial charge in [-0.25, -0.2) is 9.59 Å². The predicted molar refractivity (Wildman–Crippen MR) is 154 cm³/mol. The van der Waals surface area contributed by atoms with Crippen molar-refractivity contribution in [2.45, 2.75) is 20.8 Å². The Morgan fingerprint density at radius 3 is 1.86 bits per heavy atom. The molecule has 14 heteroatoms. The molecule has 0 atom stereocenters. The van der Waals surface area contributed by atoms with Crippen molar-refractivity contribution in [3.05, 3.63) is 75.9 Å². The highest BCUT2D eigenvalue weighted by atomic mass is 16.6. The van der Waals surface area contributed by atoms with E-state index in [2.05, 4.69) is 29.3 Å². The third-order valence-corrected chi connectivity index (χ3v) is 5.46. The minimum Gasteiger partial charge on any atom is -0.460 e. The second-order valence-corrected chi connectivity index (χ2v) is 8.88. The van der Waals surface area contributed by atoms with Crippen LogP contribution in [0.2, 0.25) is 0 Å². The first-order valence-electron chi connectivity index (χ1n) is 12.3. The molecule has 0 unspecified atom stereocenters. The van der Waals surface area contributed by atoms with Crippen LogP contribution in [0.25, 0.3) is 0 Å². The van der Waals surface area contributed by atoms with Crippen LogP contribution in [0.3, 0.4) is 0 Å². The SMILES string of the molecule is C=C(C)C(=O)OCCN(CCOC(=O)C(=C)C)c1ccc(NNc2c(C#N)cc([N+](=O)[O-])cc2C#N)c(NC(C)=O)c1. The largest absolute Gasteiger partial charge is 0.460 e. The molecule has 0 fully saturated rings. The summed E-state index contributed by atoms with van der Waals surface area (Å²) in [6, 6.07) is 10.6. The van der Waals surface area contributed by atoms with Crippen LogP contribution in [-0.2, 0) is 23.9 Å². The second-order valence-electron chi connectivity index (χ2n) is 8.88. The van der Waals surface area contributed by atoms with E-state index in [9.17, 15) is 35.0 Å². The molecule has 1 amide bonds. The molecular weight excluding hydrogens is 546 g/mol. The number of anilines is 4. The number of hydrogen-bond acceptors (Lipinski definition) is 12. The van der Waals surface area contributed by atoms with Gasteiger partial charge in [0.25, 0.3) is 5.69 Å². The van der Waals surface area contributed by atoms with E-state index < -0.39 is 28.5 Å². The van der Waals surface area contributed by atoms with Gasteiger partial charge >= 0.3 is 11.9 Å². The minimum absolute atomic E-state index is 0.00346. The Balaban J connectivity index is 2.38. The molecule has 3 N–H and O–H groups in total. The number of carbonyl (C=O) groups excluding carboxylic acids is 3. The lowest BCUT2D eigenvalue weighted by molar-refractivity contribution is -0.384. The highest BCUT2D eigenvalue weighted by Gasteiger charge is 2.18. The average Bonchev–Trinajstić information content (AvgIpc) is 2.94. The Hall–Kier alpha value is -5.89. The van der Waals surface area contributed by atoms with Crippen molar-refractivity contribution in [1.82, 2.24) is 0 Å². The molecule has 42 heavy (non-hydrogen) atoms. The number of nitrogens with zero attached hydrogens (tertiary/aromatic N) is 4. The van der Waals surface area contributed by atoms with Crippen molar-refractivity contribution in [2.24, 2.45) is 0 Å². The molecule has 14 nitrogen and oxygen atoms in total. The summed E-state index contributed by atoms with van der Waals surface area (Å²) in [6.45, 7) is 11.8. The van der Waals surface area contributed by atoms with Crippen molar-refractivity contribution in [2.75, 3.05) is 47.4 Å². The summed E-state index contributed by atoms with van der Waals surface area (Å²) in [6.07, 6.45) is 0. The fourth-order valence-electron chi connectivity index (χ4n) is 3.42. The lowest BCUT2D eigenvalue weighted by Gasteiger charge is -2.26. The lowest BCUT2D eigenvalue weighted by Crippen LogP contribution is -2.32. The van der Waals surface area contributed by atoms with Gasteiger partial charge in [-0.2, -0.15) is 10.5 Å². The molecule has 2 aromatic rings. The second kappa shape index (κ2) is 15.0. The number of carbonyl (C=O) groups is 3. The Morgan fingerprint density at radius 1 is 0.905 bits per heavy atom. The lowest BCUT2D eigenvalue weighted by atomic mass is 10.1. The van der Waals surface area contributed by atoms with Gasteiger partial charge in [-0.15, -0.1) is 0 Å². The van der Waals surface area contributed by atoms with E-state index in [1.807, 2.05) is 12.1 Å². The van der Waals surface area contributed by atoms with E-state index in [1.54, 1.807) is 23.1 Å². The molecule has 0 bridgehead atoms. The fourth-order valence-corrected chi connectivity index (χ4v) is 3.42. The number of non-ortho nitro benzene ring substituents is 1. The van der Waals surface area contributed by atoms with Crippen LogP contribution in [0.5, 0.6) is 0 Å². The molecule has 0 aliphatic heterocycles. The predicted octanol–water partition coefficient (Wildman–Crippen LogP) is 3.78. The number of hydrogen-bond donors (Lipinski definition) is 3. The van der Waals surface area contributed by atoms with Gasteiger partial charge in [0.2, 0.25) is 5.91 Å². The normalized spacial score (nSPS) is 9.83. The quantitative estimate of drug-likeness (QED) is 0.128. The van der Waals surface area contributed by atoms with Crippen LogP contribution in [0.4, 0.5) is 28.4 Å². The molecule has 0 aliphatic carbocycles. The number of hydrazine groups is 1. The van der Waals surface area contributed by atoms with E-state index >= 15 is 0 Å². The number of rotatable bonds is 14. The molecule has 0 aliphatic rings. The number of esters is 2. The van der Waals surface area contributed by atoms with Crippen LogP contribution in [-0.4, -0.2) is 49.1 Å². The number of nitriles is 2. The maximum absolute atomic E-state index is 12.0. The number of benzene rings is 2. The van der Waals surface area contributed by atoms with Crippen molar-refractivity contribution in [1.29, 1.82) is 10.5 Å². The molecule has 2 rings (SSSR count). The number of amides is 1. The van der Waals surface area contributed by atoms with Crippen LogP contribution in [0.1, 0.15) is 31.9 Å². The van der Waals surface area contributed by atoms with Gasteiger partial charge in [0.05, 0.1) is 46.2 Å². The van der Waals surface area contributed by atoms with Crippen molar-refractivity contribution >= 4 is 46.3 Å². The van der Waals surface area contributed by atoms with E-state index in [0.29, 0.717) is 11.4 Å². The number of nitro groups is 1. The molecule has 0 aromatic heterocycles. The molecular formula is C28H29N7O7. The Labute approximate surface area is 241 Å². The molecule has 0 saturated carbocycles. The highest BCUT2D eigenvalue weighted by Crippen LogP contribution is 2.31. The number of nitrogens with one attached hydrogen (secondary N) is 3. The Bertz CT molecular complexity index is 1440. The van der Waals surface area contributed by atoms with Crippen LogP contribution >= 0.6 is 0 Å². The molecule has 0 saturated heterocycles. The minimum atomic E-state index is -0.711. The summed E-state index contributed by atoms with van der Waals surface area (Å²) in [5.41, 5.74) is 6.49. The summed E-state index contributed by atoms with van der Waals surface area (Å²) >= 11 is 0. The van der Waals surface area contributed by atoms with Crippen LogP contribution in [0, 0.1) is 32.8 Å². The van der Waals surface area contributed by atoms with Gasteiger partial charge in [-0.1, -0.05) is 13.2 Å².